The molecular weight excluding hydrogens is 1090 g/mol. The summed E-state index contributed by atoms with van der Waals surface area (Å²) in [5, 5.41) is 44.6. The minimum absolute atomic E-state index is 0. The minimum Gasteiger partial charge on any atom is -0.870 e. The standard InChI is InChI=1S/C20H29BO6.C17H18BNO6.C11H14BNO3.2C2H4O2.CH3NO2.Na.H2O/c1-14-9-10-16(24-13-25-17-8-6-7-11-23-17)18(15(14)12-22)21-26-19(2,3)20(4,5)27-21;1-12-7-8-14(24-11-23-10-13-5-3-2-4-6-13)17-16(12)15(9-19(21)22)25-18(17)20;1-7-2-3-8-11-10(7)9(6-13)16-12(11)15-5-4-14-8;3*1-2(3)4;;/h9-10,12,17H,6-8,11,13H2,1-5H3;2-8,15,20H,9-11H2,1H3;2-3,9H,4-6,13H2,1H3;2*1H3,(H,3,4);1H3;;1H2/q;;;;;;+1;/p-1. The zero-order valence-corrected chi connectivity index (χ0v) is 50.3. The van der Waals surface area contributed by atoms with E-state index in [0.29, 0.717) is 66.5 Å². The number of nitrogens with zero attached hydrogens (tertiary/aromatic N) is 2. The van der Waals surface area contributed by atoms with Crippen LogP contribution in [0.3, 0.4) is 0 Å². The van der Waals surface area contributed by atoms with Gasteiger partial charge < -0.3 is 78.1 Å². The molecule has 0 radical (unpaired) electrons. The maximum absolute atomic E-state index is 11.8. The Bertz CT molecular complexity index is 2650. The number of carbonyl (C=O) groups is 3. The Labute approximate surface area is 500 Å². The first kappa shape index (κ1) is 72.5. The second-order valence-electron chi connectivity index (χ2n) is 19.5. The molecular formula is C53H73B3N3NaO22. The Morgan fingerprint density at radius 2 is 1.32 bits per heavy atom. The van der Waals surface area contributed by atoms with Gasteiger partial charge in [-0.2, -0.15) is 0 Å². The summed E-state index contributed by atoms with van der Waals surface area (Å²) in [7, 11) is -1.35. The van der Waals surface area contributed by atoms with Gasteiger partial charge in [0.2, 0.25) is 6.54 Å². The third-order valence-corrected chi connectivity index (χ3v) is 12.9. The molecule has 9 rings (SSSR count). The Morgan fingerprint density at radius 3 is 1.87 bits per heavy atom. The van der Waals surface area contributed by atoms with Gasteiger partial charge in [-0.05, 0) is 119 Å². The monoisotopic (exact) mass is 1160 g/mol. The number of rotatable bonds is 14. The predicted molar refractivity (Wildman–Crippen MR) is 296 cm³/mol. The molecule has 0 amide bonds. The van der Waals surface area contributed by atoms with Crippen molar-refractivity contribution in [2.24, 2.45) is 5.73 Å². The second kappa shape index (κ2) is 34.9. The number of nitrogens with two attached hydrogens (primary N) is 1. The van der Waals surface area contributed by atoms with E-state index >= 15 is 0 Å². The average molecular weight is 1160 g/mol. The molecule has 0 aliphatic carbocycles. The number of hydrogen-bond acceptors (Lipinski definition) is 21. The number of fused-ring (bicyclic) bond motifs is 1. The first-order valence-corrected chi connectivity index (χ1v) is 25.7. The number of carboxylic acids is 2. The molecule has 0 saturated carbocycles. The van der Waals surface area contributed by atoms with Gasteiger partial charge in [0, 0.05) is 58.8 Å². The number of aliphatic carboxylic acids is 2. The van der Waals surface area contributed by atoms with Gasteiger partial charge in [-0.25, -0.2) is 0 Å². The van der Waals surface area contributed by atoms with Gasteiger partial charge in [0.15, 0.2) is 26.9 Å². The van der Waals surface area contributed by atoms with Crippen LogP contribution in [0, 0.1) is 41.0 Å². The zero-order chi connectivity index (χ0) is 59.3. The number of aryl methyl sites for hydroxylation is 3. The number of benzene rings is 4. The second-order valence-corrected chi connectivity index (χ2v) is 19.5. The van der Waals surface area contributed by atoms with Crippen molar-refractivity contribution < 1.29 is 126 Å². The molecule has 3 atom stereocenters. The van der Waals surface area contributed by atoms with Gasteiger partial charge in [0.25, 0.3) is 11.9 Å². The summed E-state index contributed by atoms with van der Waals surface area (Å²) in [5.41, 5.74) is 12.9. The normalized spacial score (nSPS) is 18.1. The fraction of sp³-hybridized carbons (Fsp3) is 0.491. The van der Waals surface area contributed by atoms with Gasteiger partial charge in [0.1, 0.15) is 36.2 Å². The van der Waals surface area contributed by atoms with Gasteiger partial charge in [-0.15, -0.1) is 0 Å². The van der Waals surface area contributed by atoms with Crippen LogP contribution >= 0.6 is 0 Å². The third kappa shape index (κ3) is 21.6. The van der Waals surface area contributed by atoms with Crippen molar-refractivity contribution in [3.63, 3.8) is 0 Å². The van der Waals surface area contributed by atoms with Crippen LogP contribution in [0.4, 0.5) is 0 Å². The van der Waals surface area contributed by atoms with E-state index in [1.54, 1.807) is 12.1 Å². The van der Waals surface area contributed by atoms with Crippen LogP contribution in [0.1, 0.15) is 117 Å². The predicted octanol–water partition coefficient (Wildman–Crippen LogP) is 1.60. The quantitative estimate of drug-likeness (QED) is 0.0348. The van der Waals surface area contributed by atoms with Crippen molar-refractivity contribution >= 4 is 56.0 Å². The third-order valence-electron chi connectivity index (χ3n) is 12.9. The molecule has 4 aromatic rings. The van der Waals surface area contributed by atoms with E-state index in [1.165, 1.54) is 5.56 Å². The Morgan fingerprint density at radius 1 is 0.768 bits per heavy atom. The first-order chi connectivity index (χ1) is 37.8. The van der Waals surface area contributed by atoms with Crippen molar-refractivity contribution in [1.82, 2.24) is 0 Å². The molecule has 4 aromatic carbocycles. The van der Waals surface area contributed by atoms with Crippen LogP contribution in [0.2, 0.25) is 0 Å². The summed E-state index contributed by atoms with van der Waals surface area (Å²) in [6.45, 7) is 18.2. The summed E-state index contributed by atoms with van der Waals surface area (Å²) < 4.78 is 62.9. The molecule has 25 nitrogen and oxygen atoms in total. The molecule has 2 fully saturated rings. The molecule has 0 spiro atoms. The molecule has 2 saturated heterocycles. The summed E-state index contributed by atoms with van der Waals surface area (Å²) in [5.74, 6) is 0.142. The van der Waals surface area contributed by atoms with Gasteiger partial charge >= 0.3 is 50.9 Å². The molecule has 5 aliphatic heterocycles. The Hall–Kier alpha value is -5.56. The summed E-state index contributed by atoms with van der Waals surface area (Å²) in [6.07, 6.45) is 2.75. The van der Waals surface area contributed by atoms with Crippen LogP contribution < -0.4 is 65.9 Å². The van der Waals surface area contributed by atoms with Crippen molar-refractivity contribution in [2.75, 3.05) is 53.5 Å². The van der Waals surface area contributed by atoms with Crippen molar-refractivity contribution in [3.05, 3.63) is 126 Å². The van der Waals surface area contributed by atoms with Crippen LogP contribution in [0.25, 0.3) is 0 Å². The fourth-order valence-corrected chi connectivity index (χ4v) is 8.57. The SMILES string of the molecule is CC(=O)O.CC(=O)O.C[N+](=O)[O-].Cc1ccc(OCOC2CCCCO2)c(B2OC(C)(C)C(C)(C)O2)c1C=O.Cc1ccc(OCOCc2ccccc2)c2c1C(C[N+](=O)[O-])OB2O.Cc1ccc2c3c1C(CN)OB3OCCO2.[Na+].[OH-]. The van der Waals surface area contributed by atoms with Crippen LogP contribution in [0.15, 0.2) is 66.7 Å². The molecule has 0 aromatic heterocycles. The van der Waals surface area contributed by atoms with E-state index in [4.69, 9.17) is 87.3 Å². The Kier molecular flexibility index (Phi) is 30.9. The zero-order valence-electron chi connectivity index (χ0n) is 48.3. The molecule has 5 aliphatic rings. The number of ether oxygens (including phenoxy) is 6. The summed E-state index contributed by atoms with van der Waals surface area (Å²) in [6, 6.07) is 20.9. The average Bonchev–Trinajstić information content (AvgIpc) is 3.96. The maximum atomic E-state index is 11.8. The number of aldehydes is 1. The number of carbonyl (C=O) groups excluding carboxylic acids is 1. The van der Waals surface area contributed by atoms with E-state index in [-0.39, 0.29) is 68.1 Å². The number of nitro groups is 2. The van der Waals surface area contributed by atoms with Gasteiger partial charge in [-0.3, -0.25) is 34.6 Å². The molecule has 6 N–H and O–H groups in total. The van der Waals surface area contributed by atoms with Crippen molar-refractivity contribution in [1.29, 1.82) is 0 Å². The topological polar surface area (TPSA) is 356 Å². The molecule has 29 heteroatoms. The smallest absolute Gasteiger partial charge is 0.870 e. The van der Waals surface area contributed by atoms with E-state index in [9.17, 15) is 19.9 Å². The molecule has 0 bridgehead atoms. The van der Waals surface area contributed by atoms with Gasteiger partial charge in [0.05, 0.1) is 30.5 Å². The first-order valence-electron chi connectivity index (χ1n) is 25.7. The number of carboxylic acid groups (broad SMARTS) is 2. The van der Waals surface area contributed by atoms with E-state index in [2.05, 4.69) is 6.92 Å². The molecule has 3 unspecified atom stereocenters. The summed E-state index contributed by atoms with van der Waals surface area (Å²) in [4.78, 5) is 48.4. The fourth-order valence-electron chi connectivity index (χ4n) is 8.57. The van der Waals surface area contributed by atoms with E-state index < -0.39 is 59.9 Å². The number of hydrogen-bond donors (Lipinski definition) is 4. The van der Waals surface area contributed by atoms with Crippen LogP contribution in [-0.2, 0) is 53.7 Å². The van der Waals surface area contributed by atoms with Crippen LogP contribution in [-0.4, -0.2) is 141 Å². The molecule has 82 heavy (non-hydrogen) atoms. The largest absolute Gasteiger partial charge is 1.00 e. The minimum atomic E-state index is -1.25. The summed E-state index contributed by atoms with van der Waals surface area (Å²) >= 11 is 0. The van der Waals surface area contributed by atoms with Gasteiger partial charge in [-0.1, -0.05) is 48.5 Å². The van der Waals surface area contributed by atoms with Crippen molar-refractivity contribution in [2.45, 2.75) is 118 Å². The van der Waals surface area contributed by atoms with Crippen LogP contribution in [0.5, 0.6) is 17.2 Å². The van der Waals surface area contributed by atoms with E-state index in [0.717, 1.165) is 79.9 Å². The maximum Gasteiger partial charge on any atom is 1.00 e. The Balaban J connectivity index is 0.000000384. The van der Waals surface area contributed by atoms with E-state index in [1.807, 2.05) is 96.1 Å². The molecule has 442 valence electrons. The van der Waals surface area contributed by atoms with Crippen molar-refractivity contribution in [3.8, 4) is 17.2 Å². The molecule has 5 heterocycles.